The maximum atomic E-state index is 12.9. The van der Waals surface area contributed by atoms with Crippen molar-refractivity contribution in [1.29, 1.82) is 0 Å². The molecule has 31 heavy (non-hydrogen) atoms. The largest absolute Gasteiger partial charge is 0.454 e. The van der Waals surface area contributed by atoms with E-state index in [1.807, 2.05) is 6.92 Å². The van der Waals surface area contributed by atoms with Gasteiger partial charge in [0.2, 0.25) is 12.7 Å². The molecule has 0 bridgehead atoms. The third-order valence-electron chi connectivity index (χ3n) is 5.54. The van der Waals surface area contributed by atoms with Gasteiger partial charge < -0.3 is 29.7 Å². The molecule has 1 aromatic rings. The molecule has 0 radical (unpaired) electrons. The molecule has 1 saturated carbocycles. The Labute approximate surface area is 180 Å². The highest BCUT2D eigenvalue weighted by Gasteiger charge is 2.42. The van der Waals surface area contributed by atoms with Crippen molar-refractivity contribution in [1.82, 2.24) is 15.5 Å². The van der Waals surface area contributed by atoms with E-state index >= 15 is 0 Å². The van der Waals surface area contributed by atoms with Gasteiger partial charge in [0, 0.05) is 38.8 Å². The predicted octanol–water partition coefficient (Wildman–Crippen LogP) is 2.72. The predicted molar refractivity (Wildman–Crippen MR) is 112 cm³/mol. The van der Waals surface area contributed by atoms with Gasteiger partial charge in [0.25, 0.3) is 0 Å². The maximum Gasteiger partial charge on any atom is 0.387 e. The first-order valence-corrected chi connectivity index (χ1v) is 10.5. The van der Waals surface area contributed by atoms with Gasteiger partial charge in [-0.3, -0.25) is 4.79 Å². The van der Waals surface area contributed by atoms with Gasteiger partial charge in [0.15, 0.2) is 17.5 Å². The molecule has 0 atom stereocenters. The van der Waals surface area contributed by atoms with Crippen molar-refractivity contribution in [2.75, 3.05) is 34.0 Å². The summed E-state index contributed by atoms with van der Waals surface area (Å²) in [6.45, 7) is 0.151. The Morgan fingerprint density at radius 3 is 2.52 bits per heavy atom. The van der Waals surface area contributed by atoms with Crippen LogP contribution in [0.1, 0.15) is 38.2 Å². The number of benzene rings is 1. The fourth-order valence-corrected chi connectivity index (χ4v) is 4.05. The molecule has 0 saturated heterocycles. The summed E-state index contributed by atoms with van der Waals surface area (Å²) in [6, 6.07) is 2.99. The summed E-state index contributed by atoms with van der Waals surface area (Å²) in [6.07, 6.45) is 3.68. The summed E-state index contributed by atoms with van der Waals surface area (Å²) in [5.74, 6) is 1.43. The lowest BCUT2D eigenvalue weighted by atomic mass is 9.84. The molecule has 0 aromatic heterocycles. The van der Waals surface area contributed by atoms with E-state index in [0.29, 0.717) is 36.1 Å². The van der Waals surface area contributed by atoms with Crippen molar-refractivity contribution in [2.45, 2.75) is 45.8 Å². The van der Waals surface area contributed by atoms with E-state index in [4.69, 9.17) is 9.47 Å². The molecule has 8 nitrogen and oxygen atoms in total. The Bertz CT molecular complexity index is 811. The van der Waals surface area contributed by atoms with Crippen molar-refractivity contribution < 1.29 is 27.8 Å². The van der Waals surface area contributed by atoms with Crippen molar-refractivity contribution in [3.8, 4) is 17.2 Å². The Balaban J connectivity index is 1.76. The van der Waals surface area contributed by atoms with E-state index in [0.717, 1.165) is 25.7 Å². The van der Waals surface area contributed by atoms with Gasteiger partial charge in [-0.25, -0.2) is 4.99 Å². The second kappa shape index (κ2) is 10.0. The van der Waals surface area contributed by atoms with Crippen LogP contribution in [0, 0.1) is 5.41 Å². The van der Waals surface area contributed by atoms with E-state index in [-0.39, 0.29) is 25.0 Å². The monoisotopic (exact) mass is 440 g/mol. The van der Waals surface area contributed by atoms with Crippen LogP contribution in [-0.4, -0.2) is 57.4 Å². The first-order chi connectivity index (χ1) is 14.8. The third-order valence-corrected chi connectivity index (χ3v) is 5.54. The highest BCUT2D eigenvalue weighted by Crippen LogP contribution is 2.40. The Morgan fingerprint density at radius 1 is 1.23 bits per heavy atom. The van der Waals surface area contributed by atoms with Crippen LogP contribution in [0.25, 0.3) is 0 Å². The number of ether oxygens (including phenoxy) is 3. The Kier molecular flexibility index (Phi) is 7.40. The van der Waals surface area contributed by atoms with Crippen molar-refractivity contribution in [2.24, 2.45) is 10.4 Å². The number of guanidine groups is 1. The zero-order valence-corrected chi connectivity index (χ0v) is 18.2. The standard InChI is InChI=1S/C21H30F2N4O4/c1-4-24-20(26-12-21(7-5-6-8-21)18(28)27(2)3)25-11-14-9-16-17(30-13-29-16)10-15(14)31-19(22)23/h9-10,19H,4-8,11-13H2,1-3H3,(H2,24,25,26). The second-order valence-electron chi connectivity index (χ2n) is 7.93. The molecule has 2 aliphatic rings. The summed E-state index contributed by atoms with van der Waals surface area (Å²) in [5.41, 5.74) is -0.00995. The third kappa shape index (κ3) is 5.48. The number of hydrogen-bond donors (Lipinski definition) is 2. The number of carbonyl (C=O) groups is 1. The van der Waals surface area contributed by atoms with Gasteiger partial charge in [0.1, 0.15) is 5.75 Å². The van der Waals surface area contributed by atoms with Gasteiger partial charge in [-0.1, -0.05) is 12.8 Å². The summed E-state index contributed by atoms with van der Waals surface area (Å²) < 4.78 is 41.0. The molecule has 1 fully saturated rings. The molecule has 0 spiro atoms. The Hall–Kier alpha value is -2.78. The van der Waals surface area contributed by atoms with Crippen LogP contribution in [-0.2, 0) is 11.3 Å². The lowest BCUT2D eigenvalue weighted by Crippen LogP contribution is -2.49. The minimum Gasteiger partial charge on any atom is -0.454 e. The van der Waals surface area contributed by atoms with Gasteiger partial charge in [-0.15, -0.1) is 0 Å². The van der Waals surface area contributed by atoms with Crippen LogP contribution in [0.15, 0.2) is 17.1 Å². The van der Waals surface area contributed by atoms with Gasteiger partial charge >= 0.3 is 6.61 Å². The molecule has 10 heteroatoms. The highest BCUT2D eigenvalue weighted by atomic mass is 19.3. The van der Waals surface area contributed by atoms with Crippen LogP contribution in [0.4, 0.5) is 8.78 Å². The smallest absolute Gasteiger partial charge is 0.387 e. The average Bonchev–Trinajstić information content (AvgIpc) is 3.38. The molecular formula is C21H30F2N4O4. The summed E-state index contributed by atoms with van der Waals surface area (Å²) in [7, 11) is 3.54. The molecule has 1 aliphatic heterocycles. The molecule has 0 unspecified atom stereocenters. The van der Waals surface area contributed by atoms with E-state index in [2.05, 4.69) is 20.4 Å². The van der Waals surface area contributed by atoms with Crippen LogP contribution in [0.5, 0.6) is 17.2 Å². The quantitative estimate of drug-likeness (QED) is 0.478. The zero-order chi connectivity index (χ0) is 22.4. The molecule has 2 N–H and O–H groups in total. The van der Waals surface area contributed by atoms with Crippen LogP contribution in [0.2, 0.25) is 0 Å². The summed E-state index contributed by atoms with van der Waals surface area (Å²) in [4.78, 5) is 18.9. The molecule has 1 aromatic carbocycles. The second-order valence-corrected chi connectivity index (χ2v) is 7.93. The number of fused-ring (bicyclic) bond motifs is 1. The molecule has 3 rings (SSSR count). The zero-order valence-electron chi connectivity index (χ0n) is 18.2. The number of carbonyl (C=O) groups excluding carboxylic acids is 1. The van der Waals surface area contributed by atoms with Crippen molar-refractivity contribution in [3.63, 3.8) is 0 Å². The van der Waals surface area contributed by atoms with Crippen LogP contribution >= 0.6 is 0 Å². The molecule has 1 aliphatic carbocycles. The van der Waals surface area contributed by atoms with E-state index in [9.17, 15) is 13.6 Å². The normalized spacial score (nSPS) is 17.0. The maximum absolute atomic E-state index is 12.9. The van der Waals surface area contributed by atoms with Gasteiger partial charge in [-0.05, 0) is 25.8 Å². The van der Waals surface area contributed by atoms with Crippen LogP contribution in [0.3, 0.4) is 0 Å². The lowest BCUT2D eigenvalue weighted by Gasteiger charge is -2.31. The number of halogens is 2. The minimum atomic E-state index is -2.96. The number of alkyl halides is 2. The SMILES string of the molecule is CCNC(=NCc1cc2c(cc1OC(F)F)OCO2)NCC1(C(=O)N(C)C)CCCC1. The van der Waals surface area contributed by atoms with Crippen molar-refractivity contribution in [3.05, 3.63) is 17.7 Å². The number of amides is 1. The number of nitrogens with one attached hydrogen (secondary N) is 2. The van der Waals surface area contributed by atoms with E-state index in [1.54, 1.807) is 25.1 Å². The molecule has 172 valence electrons. The molecule has 1 amide bonds. The van der Waals surface area contributed by atoms with Crippen LogP contribution < -0.4 is 24.8 Å². The first-order valence-electron chi connectivity index (χ1n) is 10.5. The van der Waals surface area contributed by atoms with Gasteiger partial charge in [0.05, 0.1) is 12.0 Å². The van der Waals surface area contributed by atoms with Crippen molar-refractivity contribution >= 4 is 11.9 Å². The lowest BCUT2D eigenvalue weighted by molar-refractivity contribution is -0.138. The fourth-order valence-electron chi connectivity index (χ4n) is 4.05. The highest BCUT2D eigenvalue weighted by molar-refractivity contribution is 5.85. The summed E-state index contributed by atoms with van der Waals surface area (Å²) >= 11 is 0. The number of aliphatic imine (C=N–C) groups is 1. The Morgan fingerprint density at radius 2 is 1.90 bits per heavy atom. The van der Waals surface area contributed by atoms with E-state index < -0.39 is 12.0 Å². The number of nitrogens with zero attached hydrogens (tertiary/aromatic N) is 2. The first kappa shape index (κ1) is 22.9. The summed E-state index contributed by atoms with van der Waals surface area (Å²) in [5, 5.41) is 6.41. The number of rotatable bonds is 8. The topological polar surface area (TPSA) is 84.4 Å². The van der Waals surface area contributed by atoms with Gasteiger partial charge in [-0.2, -0.15) is 8.78 Å². The average molecular weight is 440 g/mol. The minimum absolute atomic E-state index is 0.00565. The number of hydrogen-bond acceptors (Lipinski definition) is 5. The van der Waals surface area contributed by atoms with E-state index in [1.165, 1.54) is 6.07 Å². The molecular weight excluding hydrogens is 410 g/mol. The fraction of sp³-hybridized carbons (Fsp3) is 0.619. The molecule has 1 heterocycles.